The lowest BCUT2D eigenvalue weighted by molar-refractivity contribution is -0.148. The number of nitrogens with zero attached hydrogens (tertiary/aromatic N) is 1. The smallest absolute Gasteiger partial charge is 0.307 e. The Morgan fingerprint density at radius 3 is 2.61 bits per heavy atom. The third-order valence-corrected chi connectivity index (χ3v) is 5.37. The van der Waals surface area contributed by atoms with Gasteiger partial charge in [0, 0.05) is 17.1 Å². The minimum Gasteiger partial charge on any atom is -0.456 e. The van der Waals surface area contributed by atoms with Crippen LogP contribution in [-0.2, 0) is 19.1 Å². The Hall–Kier alpha value is -3.06. The lowest BCUT2D eigenvalue weighted by Gasteiger charge is -2.24. The van der Waals surface area contributed by atoms with Gasteiger partial charge in [0.15, 0.2) is 6.61 Å². The third-order valence-electron chi connectivity index (χ3n) is 4.10. The van der Waals surface area contributed by atoms with Gasteiger partial charge in [0.25, 0.3) is 5.91 Å². The fourth-order valence-electron chi connectivity index (χ4n) is 2.75. The maximum atomic E-state index is 12.5. The van der Waals surface area contributed by atoms with E-state index in [1.54, 1.807) is 18.2 Å². The van der Waals surface area contributed by atoms with Crippen LogP contribution in [0.3, 0.4) is 0 Å². The largest absolute Gasteiger partial charge is 0.456 e. The number of rotatable bonds is 7. The molecule has 1 heterocycles. The fraction of sp³-hybridized carbons (Fsp3) is 0.190. The summed E-state index contributed by atoms with van der Waals surface area (Å²) in [5.74, 6) is -1.19. The standard InChI is InChI=1S/C21H20N2O4S/c1-2-12-23(15-8-4-3-5-9-15)19(24)14-27-20(25)13-18-21(26)22-16-10-6-7-11-17(16)28-18/h2-11,18H,1,12-14H2,(H,22,26)/t18-/m1/s1. The number of nitrogens with one attached hydrogen (secondary N) is 1. The van der Waals surface area contributed by atoms with Crippen LogP contribution in [0, 0.1) is 0 Å². The van der Waals surface area contributed by atoms with E-state index in [1.807, 2.05) is 42.5 Å². The SMILES string of the molecule is C=CCN(C(=O)COC(=O)C[C@H]1Sc2ccccc2NC1=O)c1ccccc1. The molecule has 0 radical (unpaired) electrons. The Balaban J connectivity index is 1.55. The van der Waals surface area contributed by atoms with Crippen LogP contribution in [0.25, 0.3) is 0 Å². The maximum absolute atomic E-state index is 12.5. The average Bonchev–Trinajstić information content (AvgIpc) is 2.71. The molecule has 0 saturated heterocycles. The van der Waals surface area contributed by atoms with Crippen LogP contribution >= 0.6 is 11.8 Å². The van der Waals surface area contributed by atoms with E-state index in [-0.39, 0.29) is 18.2 Å². The summed E-state index contributed by atoms with van der Waals surface area (Å²) < 4.78 is 5.13. The van der Waals surface area contributed by atoms with Crippen molar-refractivity contribution in [1.82, 2.24) is 0 Å². The van der Waals surface area contributed by atoms with Gasteiger partial charge in [-0.1, -0.05) is 36.4 Å². The van der Waals surface area contributed by atoms with Gasteiger partial charge in [-0.3, -0.25) is 14.4 Å². The number of amides is 2. The predicted octanol–water partition coefficient (Wildman–Crippen LogP) is 3.25. The van der Waals surface area contributed by atoms with Crippen molar-refractivity contribution in [1.29, 1.82) is 0 Å². The summed E-state index contributed by atoms with van der Waals surface area (Å²) in [7, 11) is 0. The molecule has 1 aliphatic rings. The molecule has 7 heteroatoms. The highest BCUT2D eigenvalue weighted by atomic mass is 32.2. The number of thioether (sulfide) groups is 1. The summed E-state index contributed by atoms with van der Waals surface area (Å²) in [6, 6.07) is 16.5. The molecule has 1 N–H and O–H groups in total. The number of esters is 1. The van der Waals surface area contributed by atoms with Crippen LogP contribution in [0.1, 0.15) is 6.42 Å². The van der Waals surface area contributed by atoms with Crippen molar-refractivity contribution in [2.24, 2.45) is 0 Å². The molecular weight excluding hydrogens is 376 g/mol. The molecule has 0 aliphatic carbocycles. The molecule has 6 nitrogen and oxygen atoms in total. The highest BCUT2D eigenvalue weighted by Gasteiger charge is 2.29. The average molecular weight is 396 g/mol. The number of benzene rings is 2. The van der Waals surface area contributed by atoms with E-state index in [0.29, 0.717) is 12.2 Å². The van der Waals surface area contributed by atoms with Gasteiger partial charge in [-0.05, 0) is 24.3 Å². The Morgan fingerprint density at radius 2 is 1.86 bits per heavy atom. The Labute approximate surface area is 167 Å². The molecule has 144 valence electrons. The van der Waals surface area contributed by atoms with Crippen molar-refractivity contribution >= 4 is 40.9 Å². The first-order chi connectivity index (χ1) is 13.6. The molecule has 2 aromatic carbocycles. The molecular formula is C21H20N2O4S. The first-order valence-corrected chi connectivity index (χ1v) is 9.65. The number of para-hydroxylation sites is 2. The molecule has 0 spiro atoms. The van der Waals surface area contributed by atoms with E-state index in [1.165, 1.54) is 16.7 Å². The highest BCUT2D eigenvalue weighted by Crippen LogP contribution is 2.36. The molecule has 28 heavy (non-hydrogen) atoms. The molecule has 2 amide bonds. The van der Waals surface area contributed by atoms with Gasteiger partial charge in [-0.2, -0.15) is 0 Å². The van der Waals surface area contributed by atoms with Crippen LogP contribution in [0.2, 0.25) is 0 Å². The number of carbonyl (C=O) groups is 3. The van der Waals surface area contributed by atoms with Crippen LogP contribution in [0.5, 0.6) is 0 Å². The van der Waals surface area contributed by atoms with E-state index in [4.69, 9.17) is 4.74 Å². The van der Waals surface area contributed by atoms with E-state index in [0.717, 1.165) is 10.6 Å². The van der Waals surface area contributed by atoms with Crippen molar-refractivity contribution in [3.8, 4) is 0 Å². The number of fused-ring (bicyclic) bond motifs is 1. The zero-order chi connectivity index (χ0) is 19.9. The van der Waals surface area contributed by atoms with Crippen LogP contribution in [0.4, 0.5) is 11.4 Å². The van der Waals surface area contributed by atoms with E-state index < -0.39 is 17.8 Å². The fourth-order valence-corrected chi connectivity index (χ4v) is 3.84. The van der Waals surface area contributed by atoms with E-state index >= 15 is 0 Å². The Morgan fingerprint density at radius 1 is 1.14 bits per heavy atom. The molecule has 0 bridgehead atoms. The quantitative estimate of drug-likeness (QED) is 0.574. The zero-order valence-electron chi connectivity index (χ0n) is 15.2. The molecule has 3 rings (SSSR count). The minimum atomic E-state index is -0.591. The number of hydrogen-bond acceptors (Lipinski definition) is 5. The molecule has 1 atom stereocenters. The first-order valence-electron chi connectivity index (χ1n) is 8.77. The monoisotopic (exact) mass is 396 g/mol. The van der Waals surface area contributed by atoms with Gasteiger partial charge in [-0.15, -0.1) is 18.3 Å². The number of anilines is 2. The van der Waals surface area contributed by atoms with Crippen LogP contribution < -0.4 is 10.2 Å². The van der Waals surface area contributed by atoms with Crippen LogP contribution in [0.15, 0.2) is 72.1 Å². The predicted molar refractivity (Wildman–Crippen MR) is 109 cm³/mol. The lowest BCUT2D eigenvalue weighted by atomic mass is 10.2. The zero-order valence-corrected chi connectivity index (χ0v) is 16.0. The number of ether oxygens (including phenoxy) is 1. The molecule has 1 aliphatic heterocycles. The second kappa shape index (κ2) is 9.23. The summed E-state index contributed by atoms with van der Waals surface area (Å²) >= 11 is 1.32. The molecule has 0 saturated carbocycles. The van der Waals surface area contributed by atoms with Gasteiger partial charge in [0.05, 0.1) is 17.4 Å². The Kier molecular flexibility index (Phi) is 6.49. The molecule has 0 fully saturated rings. The van der Waals surface area contributed by atoms with Crippen molar-refractivity contribution in [3.05, 3.63) is 67.3 Å². The maximum Gasteiger partial charge on any atom is 0.307 e. The third kappa shape index (κ3) is 4.80. The van der Waals surface area contributed by atoms with Gasteiger partial charge in [0.2, 0.25) is 5.91 Å². The van der Waals surface area contributed by atoms with Crippen LogP contribution in [-0.4, -0.2) is 36.2 Å². The van der Waals surface area contributed by atoms with Crippen molar-refractivity contribution < 1.29 is 19.1 Å². The molecule has 0 unspecified atom stereocenters. The molecule has 2 aromatic rings. The van der Waals surface area contributed by atoms with Gasteiger partial charge in [0.1, 0.15) is 0 Å². The Bertz CT molecular complexity index is 885. The normalized spacial score (nSPS) is 15.1. The summed E-state index contributed by atoms with van der Waals surface area (Å²) in [4.78, 5) is 39.2. The summed E-state index contributed by atoms with van der Waals surface area (Å²) in [6.45, 7) is 3.57. The first kappa shape index (κ1) is 19.7. The van der Waals surface area contributed by atoms with Crippen molar-refractivity contribution in [2.75, 3.05) is 23.4 Å². The minimum absolute atomic E-state index is 0.106. The number of carbonyl (C=O) groups excluding carboxylic acids is 3. The summed E-state index contributed by atoms with van der Waals surface area (Å²) in [5, 5.41) is 2.20. The topological polar surface area (TPSA) is 75.7 Å². The van der Waals surface area contributed by atoms with Gasteiger partial charge in [-0.25, -0.2) is 0 Å². The van der Waals surface area contributed by atoms with Crippen molar-refractivity contribution in [3.63, 3.8) is 0 Å². The van der Waals surface area contributed by atoms with Gasteiger partial charge < -0.3 is 15.0 Å². The second-order valence-electron chi connectivity index (χ2n) is 6.09. The van der Waals surface area contributed by atoms with Gasteiger partial charge >= 0.3 is 5.97 Å². The van der Waals surface area contributed by atoms with E-state index in [9.17, 15) is 14.4 Å². The van der Waals surface area contributed by atoms with E-state index in [2.05, 4.69) is 11.9 Å². The lowest BCUT2D eigenvalue weighted by Crippen LogP contribution is -2.36. The summed E-state index contributed by atoms with van der Waals surface area (Å²) in [6.07, 6.45) is 1.50. The molecule has 0 aromatic heterocycles. The highest BCUT2D eigenvalue weighted by molar-refractivity contribution is 8.01. The van der Waals surface area contributed by atoms with Crippen molar-refractivity contribution in [2.45, 2.75) is 16.6 Å². The summed E-state index contributed by atoms with van der Waals surface area (Å²) in [5.41, 5.74) is 1.43. The second-order valence-corrected chi connectivity index (χ2v) is 7.33. The number of hydrogen-bond donors (Lipinski definition) is 1.